The van der Waals surface area contributed by atoms with Crippen LogP contribution >= 0.6 is 11.6 Å². The number of ether oxygens (including phenoxy) is 1. The van der Waals surface area contributed by atoms with Crippen LogP contribution < -0.4 is 10.2 Å². The van der Waals surface area contributed by atoms with Crippen LogP contribution in [0.1, 0.15) is 15.9 Å². The molecule has 2 N–H and O–H groups in total. The molecule has 1 aromatic heterocycles. The number of amides is 1. The highest BCUT2D eigenvalue weighted by molar-refractivity contribution is 6.32. The molecule has 0 radical (unpaired) electrons. The number of hydrogen-bond acceptors (Lipinski definition) is 5. The molecule has 32 heavy (non-hydrogen) atoms. The Morgan fingerprint density at radius 1 is 1.12 bits per heavy atom. The SMILES string of the molecule is COc1cc(/C=N/NC(=O)c2cn(-c3ccccc3)nc2-c2ccccc2)cc(Cl)c1O. The topological polar surface area (TPSA) is 88.7 Å². The van der Waals surface area contributed by atoms with Crippen LogP contribution in [-0.4, -0.2) is 34.1 Å². The minimum Gasteiger partial charge on any atom is -0.503 e. The van der Waals surface area contributed by atoms with Crippen LogP contribution in [0.5, 0.6) is 11.5 Å². The number of benzene rings is 3. The Balaban J connectivity index is 1.62. The van der Waals surface area contributed by atoms with Gasteiger partial charge in [0.2, 0.25) is 0 Å². The normalized spacial score (nSPS) is 10.9. The Kier molecular flexibility index (Phi) is 6.19. The van der Waals surface area contributed by atoms with Gasteiger partial charge in [-0.2, -0.15) is 10.2 Å². The van der Waals surface area contributed by atoms with Crippen LogP contribution in [0.3, 0.4) is 0 Å². The molecule has 4 aromatic rings. The Labute approximate surface area is 189 Å². The molecule has 0 bridgehead atoms. The highest BCUT2D eigenvalue weighted by atomic mass is 35.5. The standard InChI is InChI=1S/C24H19ClN4O3/c1-32-21-13-16(12-20(25)23(21)30)14-26-27-24(31)19-15-29(18-10-6-3-7-11-18)28-22(19)17-8-4-2-5-9-17/h2-15,30H,1H3,(H,27,31)/b26-14+. The lowest BCUT2D eigenvalue weighted by molar-refractivity contribution is 0.0955. The number of carbonyl (C=O) groups is 1. The molecule has 1 amide bonds. The summed E-state index contributed by atoms with van der Waals surface area (Å²) in [6, 6.07) is 22.1. The third-order valence-electron chi connectivity index (χ3n) is 4.68. The van der Waals surface area contributed by atoms with Crippen LogP contribution in [0.15, 0.2) is 84.1 Å². The summed E-state index contributed by atoms with van der Waals surface area (Å²) in [6.07, 6.45) is 3.08. The molecule has 3 aromatic carbocycles. The van der Waals surface area contributed by atoms with Gasteiger partial charge >= 0.3 is 0 Å². The molecular weight excluding hydrogens is 428 g/mol. The van der Waals surface area contributed by atoms with Gasteiger partial charge in [-0.1, -0.05) is 60.1 Å². The second-order valence-electron chi connectivity index (χ2n) is 6.79. The van der Waals surface area contributed by atoms with Gasteiger partial charge in [0.25, 0.3) is 5.91 Å². The van der Waals surface area contributed by atoms with Gasteiger partial charge in [0.15, 0.2) is 11.5 Å². The van der Waals surface area contributed by atoms with E-state index in [0.717, 1.165) is 11.3 Å². The average Bonchev–Trinajstić information content (AvgIpc) is 3.28. The molecule has 0 spiro atoms. The summed E-state index contributed by atoms with van der Waals surface area (Å²) < 4.78 is 6.74. The fourth-order valence-electron chi connectivity index (χ4n) is 3.11. The van der Waals surface area contributed by atoms with Gasteiger partial charge in [0.05, 0.1) is 29.6 Å². The summed E-state index contributed by atoms with van der Waals surface area (Å²) in [5, 5.41) is 18.6. The van der Waals surface area contributed by atoms with Crippen molar-refractivity contribution in [2.24, 2.45) is 5.10 Å². The number of nitrogens with zero attached hydrogens (tertiary/aromatic N) is 3. The first-order valence-corrected chi connectivity index (χ1v) is 10.0. The highest BCUT2D eigenvalue weighted by Crippen LogP contribution is 2.34. The molecular formula is C24H19ClN4O3. The molecule has 7 nitrogen and oxygen atoms in total. The summed E-state index contributed by atoms with van der Waals surface area (Å²) >= 11 is 5.99. The van der Waals surface area contributed by atoms with E-state index in [1.807, 2.05) is 60.7 Å². The predicted molar refractivity (Wildman–Crippen MR) is 124 cm³/mol. The van der Waals surface area contributed by atoms with Crippen LogP contribution in [0, 0.1) is 0 Å². The predicted octanol–water partition coefficient (Wildman–Crippen LogP) is 4.67. The van der Waals surface area contributed by atoms with Gasteiger partial charge in [-0.15, -0.1) is 0 Å². The second kappa shape index (κ2) is 9.36. The summed E-state index contributed by atoms with van der Waals surface area (Å²) in [5.74, 6) is -0.365. The Bertz CT molecular complexity index is 1270. The molecule has 160 valence electrons. The van der Waals surface area contributed by atoms with Crippen molar-refractivity contribution < 1.29 is 14.6 Å². The number of aromatic hydroxyl groups is 1. The largest absolute Gasteiger partial charge is 0.503 e. The summed E-state index contributed by atoms with van der Waals surface area (Å²) in [4.78, 5) is 12.9. The second-order valence-corrected chi connectivity index (χ2v) is 7.20. The number of methoxy groups -OCH3 is 1. The van der Waals surface area contributed by atoms with E-state index >= 15 is 0 Å². The quantitative estimate of drug-likeness (QED) is 0.332. The van der Waals surface area contributed by atoms with Gasteiger partial charge in [-0.05, 0) is 29.8 Å². The third kappa shape index (κ3) is 4.48. The molecule has 1 heterocycles. The molecule has 0 fully saturated rings. The molecule has 0 atom stereocenters. The van der Waals surface area contributed by atoms with E-state index in [-0.39, 0.29) is 16.5 Å². The van der Waals surface area contributed by atoms with E-state index in [1.54, 1.807) is 16.9 Å². The lowest BCUT2D eigenvalue weighted by atomic mass is 10.1. The van der Waals surface area contributed by atoms with Gasteiger partial charge in [-0.3, -0.25) is 4.79 Å². The zero-order chi connectivity index (χ0) is 22.5. The first kappa shape index (κ1) is 21.1. The molecule has 0 aliphatic carbocycles. The molecule has 0 aliphatic rings. The van der Waals surface area contributed by atoms with Gasteiger partial charge < -0.3 is 9.84 Å². The number of phenolic OH excluding ortho intramolecular Hbond substituents is 1. The number of rotatable bonds is 6. The van der Waals surface area contributed by atoms with Crippen molar-refractivity contribution in [3.05, 3.63) is 95.1 Å². The van der Waals surface area contributed by atoms with E-state index in [4.69, 9.17) is 16.3 Å². The van der Waals surface area contributed by atoms with E-state index in [1.165, 1.54) is 19.4 Å². The molecule has 0 saturated heterocycles. The van der Waals surface area contributed by atoms with Crippen molar-refractivity contribution in [3.63, 3.8) is 0 Å². The van der Waals surface area contributed by atoms with Crippen molar-refractivity contribution in [3.8, 4) is 28.4 Å². The average molecular weight is 447 g/mol. The van der Waals surface area contributed by atoms with Crippen LogP contribution in [0.25, 0.3) is 16.9 Å². The van der Waals surface area contributed by atoms with E-state index in [2.05, 4.69) is 15.6 Å². The lowest BCUT2D eigenvalue weighted by Crippen LogP contribution is -2.18. The van der Waals surface area contributed by atoms with E-state index < -0.39 is 5.91 Å². The van der Waals surface area contributed by atoms with Crippen molar-refractivity contribution >= 4 is 23.7 Å². The number of nitrogens with one attached hydrogen (secondary N) is 1. The highest BCUT2D eigenvalue weighted by Gasteiger charge is 2.18. The maximum absolute atomic E-state index is 12.9. The van der Waals surface area contributed by atoms with E-state index in [0.29, 0.717) is 16.8 Å². The Morgan fingerprint density at radius 2 is 1.81 bits per heavy atom. The fraction of sp³-hybridized carbons (Fsp3) is 0.0417. The first-order chi connectivity index (χ1) is 15.6. The fourth-order valence-corrected chi connectivity index (χ4v) is 3.33. The summed E-state index contributed by atoms with van der Waals surface area (Å²) in [5.41, 5.74) is 5.63. The third-order valence-corrected chi connectivity index (χ3v) is 4.97. The maximum atomic E-state index is 12.9. The Hall–Kier alpha value is -4.10. The molecule has 4 rings (SSSR count). The number of hydrogen-bond donors (Lipinski definition) is 2. The number of carbonyl (C=O) groups excluding carboxylic acids is 1. The van der Waals surface area contributed by atoms with Crippen LogP contribution in [0.4, 0.5) is 0 Å². The van der Waals surface area contributed by atoms with Crippen LogP contribution in [-0.2, 0) is 0 Å². The van der Waals surface area contributed by atoms with Gasteiger partial charge in [-0.25, -0.2) is 10.1 Å². The summed E-state index contributed by atoms with van der Waals surface area (Å²) in [7, 11) is 1.42. The van der Waals surface area contributed by atoms with Gasteiger partial charge in [0, 0.05) is 11.8 Å². The number of aromatic nitrogens is 2. The van der Waals surface area contributed by atoms with Crippen molar-refractivity contribution in [2.75, 3.05) is 7.11 Å². The number of halogens is 1. The number of para-hydroxylation sites is 1. The number of phenols is 1. The lowest BCUT2D eigenvalue weighted by Gasteiger charge is -2.06. The minimum absolute atomic E-state index is 0.118. The van der Waals surface area contributed by atoms with Gasteiger partial charge in [0.1, 0.15) is 5.69 Å². The monoisotopic (exact) mass is 446 g/mol. The first-order valence-electron chi connectivity index (χ1n) is 9.67. The molecule has 0 saturated carbocycles. The van der Waals surface area contributed by atoms with E-state index in [9.17, 15) is 9.90 Å². The minimum atomic E-state index is -0.417. The van der Waals surface area contributed by atoms with Crippen molar-refractivity contribution in [1.29, 1.82) is 0 Å². The molecule has 0 unspecified atom stereocenters. The smallest absolute Gasteiger partial charge is 0.275 e. The van der Waals surface area contributed by atoms with Crippen molar-refractivity contribution in [1.82, 2.24) is 15.2 Å². The zero-order valence-electron chi connectivity index (χ0n) is 17.1. The summed E-state index contributed by atoms with van der Waals surface area (Å²) in [6.45, 7) is 0. The molecule has 8 heteroatoms. The Morgan fingerprint density at radius 3 is 2.50 bits per heavy atom. The zero-order valence-corrected chi connectivity index (χ0v) is 17.8. The van der Waals surface area contributed by atoms with Crippen LogP contribution in [0.2, 0.25) is 5.02 Å². The maximum Gasteiger partial charge on any atom is 0.275 e. The molecule has 0 aliphatic heterocycles. The van der Waals surface area contributed by atoms with Crippen molar-refractivity contribution in [2.45, 2.75) is 0 Å². The number of hydrazone groups is 1.